The lowest BCUT2D eigenvalue weighted by molar-refractivity contribution is -0.122. The Morgan fingerprint density at radius 2 is 1.93 bits per heavy atom. The zero-order valence-corrected chi connectivity index (χ0v) is 16.3. The first-order chi connectivity index (χ1) is 13.2. The molecule has 0 radical (unpaired) electrons. The molecule has 6 heteroatoms. The van der Waals surface area contributed by atoms with Crippen molar-refractivity contribution in [1.29, 1.82) is 0 Å². The van der Waals surface area contributed by atoms with E-state index in [2.05, 4.69) is 33.9 Å². The number of amides is 1. The molecule has 1 aliphatic rings. The van der Waals surface area contributed by atoms with Crippen LogP contribution in [-0.2, 0) is 11.3 Å². The van der Waals surface area contributed by atoms with Crippen molar-refractivity contribution in [1.82, 2.24) is 14.9 Å². The monoisotopic (exact) mass is 378 g/mol. The highest BCUT2D eigenvalue weighted by molar-refractivity contribution is 7.98. The van der Waals surface area contributed by atoms with E-state index in [1.165, 1.54) is 0 Å². The van der Waals surface area contributed by atoms with Crippen LogP contribution in [0.2, 0.25) is 0 Å². The molecule has 1 amide bonds. The van der Waals surface area contributed by atoms with Crippen molar-refractivity contribution in [2.24, 2.45) is 0 Å². The summed E-state index contributed by atoms with van der Waals surface area (Å²) in [5.41, 5.74) is 3.92. The second-order valence-electron chi connectivity index (χ2n) is 6.80. The third-order valence-electron chi connectivity index (χ3n) is 4.91. The average molecular weight is 379 g/mol. The van der Waals surface area contributed by atoms with Gasteiger partial charge in [-0.25, -0.2) is 0 Å². The van der Waals surface area contributed by atoms with Crippen molar-refractivity contribution < 1.29 is 4.79 Å². The van der Waals surface area contributed by atoms with E-state index < -0.39 is 0 Å². The number of nitrogens with zero attached hydrogens (tertiary/aromatic N) is 4. The minimum Gasteiger partial charge on any atom is -0.306 e. The van der Waals surface area contributed by atoms with E-state index in [0.717, 1.165) is 33.7 Å². The molecule has 2 aromatic carbocycles. The van der Waals surface area contributed by atoms with Gasteiger partial charge in [0.15, 0.2) is 0 Å². The van der Waals surface area contributed by atoms with Crippen molar-refractivity contribution in [3.8, 4) is 0 Å². The number of benzene rings is 2. The zero-order chi connectivity index (χ0) is 18.8. The van der Waals surface area contributed by atoms with Crippen LogP contribution in [0.4, 0.5) is 5.69 Å². The van der Waals surface area contributed by atoms with Crippen LogP contribution in [0.15, 0.2) is 59.8 Å². The highest BCUT2D eigenvalue weighted by atomic mass is 32.2. The first kappa shape index (κ1) is 17.9. The first-order valence-corrected chi connectivity index (χ1v) is 10.3. The van der Waals surface area contributed by atoms with E-state index in [4.69, 9.17) is 0 Å². The minimum atomic E-state index is 0.112. The Morgan fingerprint density at radius 3 is 2.74 bits per heavy atom. The standard InChI is InChI=1S/C21H22N4OS/c1-15-12-24(13-16-6-5-7-17-21(16)23-11-10-22-17)14-20(26)25(15)18-8-3-4-9-19(18)27-2/h3-11,15H,12-14H2,1-2H3. The van der Waals surface area contributed by atoms with Gasteiger partial charge in [-0.1, -0.05) is 24.3 Å². The van der Waals surface area contributed by atoms with Gasteiger partial charge in [0, 0.05) is 36.4 Å². The molecule has 27 heavy (non-hydrogen) atoms. The number of carbonyl (C=O) groups is 1. The normalized spacial score (nSPS) is 18.2. The van der Waals surface area contributed by atoms with Gasteiger partial charge in [-0.15, -0.1) is 11.8 Å². The Labute approximate surface area is 163 Å². The van der Waals surface area contributed by atoms with Crippen LogP contribution in [0, 0.1) is 0 Å². The summed E-state index contributed by atoms with van der Waals surface area (Å²) in [6.45, 7) is 4.04. The van der Waals surface area contributed by atoms with E-state index >= 15 is 0 Å². The molecule has 1 aromatic heterocycles. The molecule has 1 fully saturated rings. The summed E-state index contributed by atoms with van der Waals surface area (Å²) < 4.78 is 0. The number of fused-ring (bicyclic) bond motifs is 1. The van der Waals surface area contributed by atoms with Crippen molar-refractivity contribution in [2.75, 3.05) is 24.2 Å². The van der Waals surface area contributed by atoms with Crippen molar-refractivity contribution >= 4 is 34.4 Å². The van der Waals surface area contributed by atoms with Crippen molar-refractivity contribution in [3.63, 3.8) is 0 Å². The maximum Gasteiger partial charge on any atom is 0.241 e. The van der Waals surface area contributed by atoms with E-state index in [-0.39, 0.29) is 11.9 Å². The lowest BCUT2D eigenvalue weighted by Crippen LogP contribution is -2.55. The predicted molar refractivity (Wildman–Crippen MR) is 110 cm³/mol. The summed E-state index contributed by atoms with van der Waals surface area (Å²) in [7, 11) is 0. The molecule has 0 saturated carbocycles. The number of piperazine rings is 1. The summed E-state index contributed by atoms with van der Waals surface area (Å²) in [5.74, 6) is 0.140. The molecule has 0 N–H and O–H groups in total. The van der Waals surface area contributed by atoms with Gasteiger partial charge in [0.1, 0.15) is 0 Å². The number of anilines is 1. The van der Waals surface area contributed by atoms with Gasteiger partial charge >= 0.3 is 0 Å². The van der Waals surface area contributed by atoms with Crippen LogP contribution in [-0.4, -0.2) is 46.2 Å². The van der Waals surface area contributed by atoms with Gasteiger partial charge in [-0.05, 0) is 36.9 Å². The van der Waals surface area contributed by atoms with Gasteiger partial charge in [0.05, 0.1) is 23.3 Å². The number of carbonyl (C=O) groups excluding carboxylic acids is 1. The Kier molecular flexibility index (Phi) is 5.09. The maximum absolute atomic E-state index is 13.0. The maximum atomic E-state index is 13.0. The number of para-hydroxylation sites is 2. The summed E-state index contributed by atoms with van der Waals surface area (Å²) in [4.78, 5) is 27.1. The van der Waals surface area contributed by atoms with Crippen LogP contribution >= 0.6 is 11.8 Å². The molecule has 0 aliphatic carbocycles. The second-order valence-corrected chi connectivity index (χ2v) is 7.64. The average Bonchev–Trinajstić information content (AvgIpc) is 2.68. The molecule has 1 unspecified atom stereocenters. The summed E-state index contributed by atoms with van der Waals surface area (Å²) >= 11 is 1.68. The zero-order valence-electron chi connectivity index (χ0n) is 15.5. The fraction of sp³-hybridized carbons (Fsp3) is 0.286. The molecule has 1 atom stereocenters. The Bertz CT molecular complexity index is 972. The number of aromatic nitrogens is 2. The largest absolute Gasteiger partial charge is 0.306 e. The molecule has 138 valence electrons. The van der Waals surface area contributed by atoms with Gasteiger partial charge in [-0.2, -0.15) is 0 Å². The molecule has 2 heterocycles. The van der Waals surface area contributed by atoms with Crippen LogP contribution in [0.5, 0.6) is 0 Å². The van der Waals surface area contributed by atoms with Crippen molar-refractivity contribution in [2.45, 2.75) is 24.4 Å². The Balaban J connectivity index is 1.56. The van der Waals surface area contributed by atoms with Crippen molar-refractivity contribution in [3.05, 3.63) is 60.4 Å². The van der Waals surface area contributed by atoms with Gasteiger partial charge in [-0.3, -0.25) is 19.7 Å². The van der Waals surface area contributed by atoms with Gasteiger partial charge in [0.25, 0.3) is 0 Å². The number of rotatable bonds is 4. The lowest BCUT2D eigenvalue weighted by atomic mass is 10.1. The number of thioether (sulfide) groups is 1. The molecule has 1 aliphatic heterocycles. The quantitative estimate of drug-likeness (QED) is 0.650. The van der Waals surface area contributed by atoms with Gasteiger partial charge < -0.3 is 4.90 Å². The number of hydrogen-bond acceptors (Lipinski definition) is 5. The van der Waals surface area contributed by atoms with Crippen LogP contribution in [0.3, 0.4) is 0 Å². The predicted octanol–water partition coefficient (Wildman–Crippen LogP) is 3.59. The summed E-state index contributed by atoms with van der Waals surface area (Å²) in [6, 6.07) is 14.3. The minimum absolute atomic E-state index is 0.112. The van der Waals surface area contributed by atoms with E-state index in [9.17, 15) is 4.79 Å². The molecular weight excluding hydrogens is 356 g/mol. The number of hydrogen-bond donors (Lipinski definition) is 0. The Morgan fingerprint density at radius 1 is 1.11 bits per heavy atom. The molecule has 0 spiro atoms. The summed E-state index contributed by atoms with van der Waals surface area (Å²) in [5, 5.41) is 0. The molecular formula is C21H22N4OS. The van der Waals surface area contributed by atoms with Crippen LogP contribution in [0.25, 0.3) is 11.0 Å². The molecule has 0 bridgehead atoms. The van der Waals surface area contributed by atoms with Crippen LogP contribution < -0.4 is 4.90 Å². The van der Waals surface area contributed by atoms with Crippen LogP contribution in [0.1, 0.15) is 12.5 Å². The third kappa shape index (κ3) is 3.55. The SMILES string of the molecule is CSc1ccccc1N1C(=O)CN(Cc2cccc3nccnc23)CC1C. The lowest BCUT2D eigenvalue weighted by Gasteiger charge is -2.40. The first-order valence-electron chi connectivity index (χ1n) is 9.03. The fourth-order valence-corrected chi connectivity index (χ4v) is 4.37. The fourth-order valence-electron chi connectivity index (χ4n) is 3.78. The third-order valence-corrected chi connectivity index (χ3v) is 5.70. The van der Waals surface area contributed by atoms with E-state index in [1.54, 1.807) is 24.2 Å². The molecule has 5 nitrogen and oxygen atoms in total. The topological polar surface area (TPSA) is 49.3 Å². The second kappa shape index (κ2) is 7.66. The highest BCUT2D eigenvalue weighted by Crippen LogP contribution is 2.31. The van der Waals surface area contributed by atoms with E-state index in [0.29, 0.717) is 13.1 Å². The molecule has 3 aromatic rings. The summed E-state index contributed by atoms with van der Waals surface area (Å²) in [6.07, 6.45) is 5.47. The van der Waals surface area contributed by atoms with Gasteiger partial charge in [0.2, 0.25) is 5.91 Å². The smallest absolute Gasteiger partial charge is 0.241 e. The van der Waals surface area contributed by atoms with E-state index in [1.807, 2.05) is 41.5 Å². The molecule has 4 rings (SSSR count). The highest BCUT2D eigenvalue weighted by Gasteiger charge is 2.32. The molecule has 1 saturated heterocycles. The Hall–Kier alpha value is -2.44.